The van der Waals surface area contributed by atoms with Gasteiger partial charge in [-0.15, -0.1) is 5.53 Å². The smallest absolute Gasteiger partial charge is 0.131 e. The van der Waals surface area contributed by atoms with Crippen molar-refractivity contribution in [2.45, 2.75) is 12.8 Å². The largest absolute Gasteiger partial charge is 0.507 e. The molecule has 1 fully saturated rings. The summed E-state index contributed by atoms with van der Waals surface area (Å²) in [6.45, 7) is 1.04. The maximum Gasteiger partial charge on any atom is 0.131 e. The number of hydrazine groups is 2. The minimum absolute atomic E-state index is 0.330. The Morgan fingerprint density at radius 3 is 3.00 bits per heavy atom. The number of aromatic hydroxyl groups is 1. The van der Waals surface area contributed by atoms with Crippen molar-refractivity contribution in [3.8, 4) is 5.75 Å². The Morgan fingerprint density at radius 1 is 1.47 bits per heavy atom. The van der Waals surface area contributed by atoms with E-state index >= 15 is 0 Å². The van der Waals surface area contributed by atoms with Gasteiger partial charge in [0.15, 0.2) is 0 Å². The molecule has 3 rings (SSSR count). The van der Waals surface area contributed by atoms with Gasteiger partial charge in [-0.3, -0.25) is 5.01 Å². The molecule has 80 valence electrons. The van der Waals surface area contributed by atoms with Crippen LogP contribution < -0.4 is 16.0 Å². The van der Waals surface area contributed by atoms with Crippen molar-refractivity contribution in [1.82, 2.24) is 5.53 Å². The second kappa shape index (κ2) is 3.41. The van der Waals surface area contributed by atoms with Gasteiger partial charge in [-0.1, -0.05) is 0 Å². The van der Waals surface area contributed by atoms with Crippen molar-refractivity contribution in [2.24, 2.45) is 5.92 Å². The van der Waals surface area contributed by atoms with Gasteiger partial charge in [-0.05, 0) is 53.5 Å². The molecule has 1 aliphatic heterocycles. The Hall–Kier alpha value is -0.690. The van der Waals surface area contributed by atoms with Crippen LogP contribution in [0, 0.1) is 9.49 Å². The minimum Gasteiger partial charge on any atom is -0.507 e. The molecule has 2 aliphatic rings. The quantitative estimate of drug-likeness (QED) is 0.731. The van der Waals surface area contributed by atoms with Gasteiger partial charge >= 0.3 is 0 Å². The maximum atomic E-state index is 9.57. The van der Waals surface area contributed by atoms with Crippen molar-refractivity contribution >= 4 is 34.0 Å². The van der Waals surface area contributed by atoms with Gasteiger partial charge in [0.1, 0.15) is 5.75 Å². The zero-order valence-electron chi connectivity index (χ0n) is 8.13. The summed E-state index contributed by atoms with van der Waals surface area (Å²) in [6, 6.07) is 3.69. The van der Waals surface area contributed by atoms with Crippen LogP contribution in [0.3, 0.4) is 0 Å². The first-order chi connectivity index (χ1) is 7.25. The predicted molar refractivity (Wildman–Crippen MR) is 67.7 cm³/mol. The average molecular weight is 317 g/mol. The van der Waals surface area contributed by atoms with E-state index in [1.54, 1.807) is 6.07 Å². The summed E-state index contributed by atoms with van der Waals surface area (Å²) in [5, 5.41) is 11.7. The second-order valence-electron chi connectivity index (χ2n) is 4.08. The van der Waals surface area contributed by atoms with Crippen LogP contribution in [-0.2, 0) is 0 Å². The topological polar surface area (TPSA) is 47.5 Å². The molecule has 0 saturated heterocycles. The first-order valence-electron chi connectivity index (χ1n) is 5.06. The first kappa shape index (κ1) is 9.53. The van der Waals surface area contributed by atoms with Crippen LogP contribution in [0.15, 0.2) is 12.1 Å². The SMILES string of the molecule is Oc1ccc2c(c1I)NNN2CC1CC1. The van der Waals surface area contributed by atoms with Crippen molar-refractivity contribution in [1.29, 1.82) is 0 Å². The molecule has 1 aromatic carbocycles. The third-order valence-corrected chi connectivity index (χ3v) is 3.94. The third-order valence-electron chi connectivity index (χ3n) is 2.84. The predicted octanol–water partition coefficient (Wildman–Crippen LogP) is 2.06. The molecule has 1 saturated carbocycles. The van der Waals surface area contributed by atoms with E-state index in [4.69, 9.17) is 0 Å². The van der Waals surface area contributed by atoms with E-state index in [1.165, 1.54) is 12.8 Å². The molecule has 1 aromatic rings. The zero-order chi connectivity index (χ0) is 10.4. The van der Waals surface area contributed by atoms with E-state index < -0.39 is 0 Å². The number of fused-ring (bicyclic) bond motifs is 1. The van der Waals surface area contributed by atoms with Crippen LogP contribution in [0.2, 0.25) is 0 Å². The van der Waals surface area contributed by atoms with E-state index in [1.807, 2.05) is 6.07 Å². The van der Waals surface area contributed by atoms with Gasteiger partial charge in [0, 0.05) is 6.54 Å². The molecule has 1 aliphatic carbocycles. The van der Waals surface area contributed by atoms with Crippen LogP contribution in [0.5, 0.6) is 5.75 Å². The molecular weight excluding hydrogens is 305 g/mol. The molecule has 15 heavy (non-hydrogen) atoms. The van der Waals surface area contributed by atoms with Crippen LogP contribution in [0.1, 0.15) is 12.8 Å². The molecule has 4 nitrogen and oxygen atoms in total. The molecule has 1 heterocycles. The monoisotopic (exact) mass is 317 g/mol. The first-order valence-corrected chi connectivity index (χ1v) is 6.14. The summed E-state index contributed by atoms with van der Waals surface area (Å²) in [5.41, 5.74) is 8.34. The molecule has 0 aromatic heterocycles. The Morgan fingerprint density at radius 2 is 2.27 bits per heavy atom. The maximum absolute atomic E-state index is 9.57. The molecule has 0 unspecified atom stereocenters. The summed E-state index contributed by atoms with van der Waals surface area (Å²) in [4.78, 5) is 0. The fourth-order valence-corrected chi connectivity index (χ4v) is 2.38. The number of benzene rings is 1. The van der Waals surface area contributed by atoms with Crippen LogP contribution in [0.25, 0.3) is 0 Å². The van der Waals surface area contributed by atoms with Crippen molar-refractivity contribution in [3.05, 3.63) is 15.7 Å². The number of hydrogen-bond acceptors (Lipinski definition) is 4. The van der Waals surface area contributed by atoms with E-state index in [9.17, 15) is 5.11 Å². The molecule has 3 N–H and O–H groups in total. The standard InChI is InChI=1S/C10H12IN3O/c11-9-8(15)4-3-7-10(9)12-13-14(7)5-6-1-2-6/h3-4,6,12-13,15H,1-2,5H2. The zero-order valence-corrected chi connectivity index (χ0v) is 10.3. The molecule has 0 atom stereocenters. The highest BCUT2D eigenvalue weighted by atomic mass is 127. The highest BCUT2D eigenvalue weighted by molar-refractivity contribution is 14.1. The molecule has 0 radical (unpaired) electrons. The Bertz CT molecular complexity index is 406. The lowest BCUT2D eigenvalue weighted by Gasteiger charge is -2.17. The number of anilines is 2. The number of nitrogens with zero attached hydrogens (tertiary/aromatic N) is 1. The van der Waals surface area contributed by atoms with Crippen molar-refractivity contribution in [3.63, 3.8) is 0 Å². The number of nitrogens with one attached hydrogen (secondary N) is 2. The number of hydrogen-bond donors (Lipinski definition) is 3. The third kappa shape index (κ3) is 1.63. The van der Waals surface area contributed by atoms with Gasteiger partial charge in [0.25, 0.3) is 0 Å². The Balaban J connectivity index is 1.92. The minimum atomic E-state index is 0.330. The second-order valence-corrected chi connectivity index (χ2v) is 5.16. The normalized spacial score (nSPS) is 18.9. The van der Waals surface area contributed by atoms with Gasteiger partial charge in [0.2, 0.25) is 0 Å². The highest BCUT2D eigenvalue weighted by Gasteiger charge is 2.29. The van der Waals surface area contributed by atoms with Crippen molar-refractivity contribution in [2.75, 3.05) is 17.0 Å². The Kier molecular flexibility index (Phi) is 2.17. The van der Waals surface area contributed by atoms with Crippen molar-refractivity contribution < 1.29 is 5.11 Å². The van der Waals surface area contributed by atoms with Crippen LogP contribution in [-0.4, -0.2) is 11.7 Å². The lowest BCUT2D eigenvalue weighted by atomic mass is 10.2. The van der Waals surface area contributed by atoms with Gasteiger partial charge in [-0.25, -0.2) is 0 Å². The van der Waals surface area contributed by atoms with Crippen LogP contribution >= 0.6 is 22.6 Å². The molecule has 5 heteroatoms. The highest BCUT2D eigenvalue weighted by Crippen LogP contribution is 2.40. The van der Waals surface area contributed by atoms with Crippen LogP contribution in [0.4, 0.5) is 11.4 Å². The van der Waals surface area contributed by atoms with E-state index in [0.717, 1.165) is 27.4 Å². The van der Waals surface area contributed by atoms with E-state index in [0.29, 0.717) is 5.75 Å². The number of phenolic OH excluding ortho intramolecular Hbond substituents is 1. The molecule has 0 amide bonds. The molecular formula is C10H12IN3O. The number of rotatable bonds is 2. The van der Waals surface area contributed by atoms with E-state index in [-0.39, 0.29) is 0 Å². The summed E-state index contributed by atoms with van der Waals surface area (Å²) in [6.07, 6.45) is 2.67. The lowest BCUT2D eigenvalue weighted by Crippen LogP contribution is -2.37. The number of halogens is 1. The number of phenols is 1. The summed E-state index contributed by atoms with van der Waals surface area (Å²) in [7, 11) is 0. The summed E-state index contributed by atoms with van der Waals surface area (Å²) < 4.78 is 0.871. The average Bonchev–Trinajstić information content (AvgIpc) is 2.93. The van der Waals surface area contributed by atoms with E-state index in [2.05, 4.69) is 38.6 Å². The fraction of sp³-hybridized carbons (Fsp3) is 0.400. The van der Waals surface area contributed by atoms with Gasteiger partial charge < -0.3 is 10.5 Å². The molecule has 0 bridgehead atoms. The van der Waals surface area contributed by atoms with Gasteiger partial charge in [0.05, 0.1) is 14.9 Å². The van der Waals surface area contributed by atoms with Gasteiger partial charge in [-0.2, -0.15) is 0 Å². The Labute approximate surface area is 102 Å². The molecule has 0 spiro atoms. The summed E-state index contributed by atoms with van der Waals surface area (Å²) in [5.74, 6) is 1.16. The fourth-order valence-electron chi connectivity index (χ4n) is 1.78. The summed E-state index contributed by atoms with van der Waals surface area (Å²) >= 11 is 2.15. The lowest BCUT2D eigenvalue weighted by molar-refractivity contribution is 0.472.